The van der Waals surface area contributed by atoms with E-state index in [9.17, 15) is 39.6 Å². The monoisotopic (exact) mass is 1770 g/mol. The zero-order chi connectivity index (χ0) is 84.9. The Labute approximate surface area is 716 Å². The standard InChI is InChI=1S/3C27H29N3O5S3.C2H4O2/c3*1-2-3-4-8-16-35-23-13-11-20(12-14-23)25-21(19-30(28-25)22-9-6-5-7-10-22)18-24-26(31)29(27(36)37-24)15-17-38(32,33)34;1-2(3)4/h3*5-7,9-14,18-19H,2-4,8,15-17H2,1H3,(H,32,33,34);1H3,(H,3,4)/b3*24-18-;. The number of thioether (sulfide) groups is 3. The second-order valence-electron chi connectivity index (χ2n) is 26.8. The molecule has 0 unspecified atom stereocenters. The maximum atomic E-state index is 13.0. The molecule has 3 amide bonds. The molecule has 6 aromatic carbocycles. The maximum Gasteiger partial charge on any atom is 0.300 e. The number of unbranched alkanes of at least 4 members (excludes halogenated alkanes) is 9. The molecule has 3 saturated heterocycles. The highest BCUT2D eigenvalue weighted by Crippen LogP contribution is 2.39. The Morgan fingerprint density at radius 1 is 0.390 bits per heavy atom. The van der Waals surface area contributed by atoms with Gasteiger partial charge in [-0.1, -0.05) is 205 Å². The van der Waals surface area contributed by atoms with Gasteiger partial charge in [0.25, 0.3) is 54.0 Å². The van der Waals surface area contributed by atoms with E-state index in [1.807, 2.05) is 182 Å². The zero-order valence-electron chi connectivity index (χ0n) is 65.2. The van der Waals surface area contributed by atoms with Crippen LogP contribution in [0.2, 0.25) is 0 Å². The van der Waals surface area contributed by atoms with Gasteiger partial charge in [-0.15, -0.1) is 0 Å². The molecule has 26 nitrogen and oxygen atoms in total. The minimum atomic E-state index is -4.22. The van der Waals surface area contributed by atoms with Crippen LogP contribution in [0.25, 0.3) is 69.1 Å². The van der Waals surface area contributed by atoms with E-state index < -0.39 is 71.3 Å². The maximum absolute atomic E-state index is 13.0. The van der Waals surface area contributed by atoms with Gasteiger partial charge in [0.05, 0.1) is 85.9 Å². The van der Waals surface area contributed by atoms with Gasteiger partial charge in [0, 0.05) is 78.5 Å². The number of carbonyl (C=O) groups excluding carboxylic acids is 3. The van der Waals surface area contributed by atoms with Gasteiger partial charge in [0.15, 0.2) is 0 Å². The summed E-state index contributed by atoms with van der Waals surface area (Å²) >= 11 is 19.2. The number of carboxylic acid groups (broad SMARTS) is 1. The van der Waals surface area contributed by atoms with Crippen LogP contribution in [0.15, 0.2) is 197 Å². The van der Waals surface area contributed by atoms with Crippen LogP contribution in [-0.2, 0) is 49.5 Å². The van der Waals surface area contributed by atoms with Crippen LogP contribution in [0.3, 0.4) is 0 Å². The Morgan fingerprint density at radius 3 is 0.847 bits per heavy atom. The molecule has 3 aliphatic heterocycles. The van der Waals surface area contributed by atoms with Crippen molar-refractivity contribution in [1.29, 1.82) is 0 Å². The molecule has 0 radical (unpaired) electrons. The summed E-state index contributed by atoms with van der Waals surface area (Å²) in [5.74, 6) is -1.46. The predicted octanol–water partition coefficient (Wildman–Crippen LogP) is 16.9. The highest BCUT2D eigenvalue weighted by atomic mass is 32.2. The van der Waals surface area contributed by atoms with Crippen LogP contribution >= 0.6 is 71.9 Å². The minimum Gasteiger partial charge on any atom is -0.494 e. The summed E-state index contributed by atoms with van der Waals surface area (Å²) in [5.41, 5.74) is 9.28. The van der Waals surface area contributed by atoms with Crippen LogP contribution in [0.5, 0.6) is 17.2 Å². The van der Waals surface area contributed by atoms with Crippen LogP contribution < -0.4 is 14.2 Å². The molecule has 0 aliphatic carbocycles. The molecule has 0 saturated carbocycles. The van der Waals surface area contributed by atoms with E-state index in [1.54, 1.807) is 32.3 Å². The lowest BCUT2D eigenvalue weighted by atomic mass is 10.1. The van der Waals surface area contributed by atoms with Crippen molar-refractivity contribution >= 4 is 157 Å². The Balaban J connectivity index is 0.000000197. The van der Waals surface area contributed by atoms with Crippen LogP contribution in [0.1, 0.15) is 121 Å². The number of amides is 3. The summed E-state index contributed by atoms with van der Waals surface area (Å²) in [6.07, 6.45) is 24.3. The second-order valence-corrected chi connectivity index (χ2v) is 36.6. The quantitative estimate of drug-likeness (QED) is 0.0123. The minimum absolute atomic E-state index is 0.211. The molecule has 118 heavy (non-hydrogen) atoms. The molecule has 0 atom stereocenters. The SMILES string of the molecule is CC(=O)O.CCCCCCOc1ccc(-c2nn(-c3ccccc3)cc2/C=C2\SC(=S)N(CCS(=O)(=O)O)C2=O)cc1.CCCCCCOc1ccc(-c2nn(-c3ccccc3)cc2/C=C2\SC(=S)N(CCS(=O)(=O)O)C2=O)cc1.CCCCCCOc1ccc(-c2nn(-c3ccccc3)cc2/C=C2\SC(=S)N(CCS(=O)(=O)O)C2=O)cc1. The molecule has 4 N–H and O–H groups in total. The van der Waals surface area contributed by atoms with E-state index in [0.717, 1.165) is 132 Å². The predicted molar refractivity (Wildman–Crippen MR) is 478 cm³/mol. The molecular formula is C83H91N9O17S9. The second kappa shape index (κ2) is 45.1. The molecule has 0 spiro atoms. The molecule has 3 aliphatic rings. The lowest BCUT2D eigenvalue weighted by Gasteiger charge is -2.12. The topological polar surface area (TPSA) is 342 Å². The Hall–Kier alpha value is -9.50. The molecule has 12 rings (SSSR count). The number of carboxylic acids is 1. The lowest BCUT2D eigenvalue weighted by Crippen LogP contribution is -2.32. The van der Waals surface area contributed by atoms with Crippen molar-refractivity contribution in [2.24, 2.45) is 0 Å². The number of ether oxygens (including phenoxy) is 3. The normalized spacial score (nSPS) is 14.7. The average Bonchev–Trinajstić information content (AvgIpc) is 1.65. The largest absolute Gasteiger partial charge is 0.494 e. The summed E-state index contributed by atoms with van der Waals surface area (Å²) in [6, 6.07) is 52.0. The van der Waals surface area contributed by atoms with Crippen molar-refractivity contribution in [3.8, 4) is 68.1 Å². The summed E-state index contributed by atoms with van der Waals surface area (Å²) in [4.78, 5) is 52.6. The van der Waals surface area contributed by atoms with Gasteiger partial charge >= 0.3 is 0 Å². The highest BCUT2D eigenvalue weighted by Gasteiger charge is 2.36. The summed E-state index contributed by atoms with van der Waals surface area (Å²) in [5, 5.41) is 21.8. The molecular weight excluding hydrogens is 1680 g/mol. The fraction of sp³-hybridized carbons (Fsp3) is 0.301. The van der Waals surface area contributed by atoms with E-state index in [-0.39, 0.29) is 32.6 Å². The number of para-hydroxylation sites is 3. The molecule has 3 aromatic heterocycles. The fourth-order valence-electron chi connectivity index (χ4n) is 11.7. The first-order valence-electron chi connectivity index (χ1n) is 37.9. The average molecular weight is 1780 g/mol. The first-order valence-corrected chi connectivity index (χ1v) is 46.4. The third-order valence-corrected chi connectivity index (χ3v) is 23.9. The first-order chi connectivity index (χ1) is 56.5. The molecule has 0 bridgehead atoms. The van der Waals surface area contributed by atoms with Crippen molar-refractivity contribution in [2.45, 2.75) is 105 Å². The van der Waals surface area contributed by atoms with E-state index >= 15 is 0 Å². The van der Waals surface area contributed by atoms with E-state index in [4.69, 9.17) is 89.7 Å². The van der Waals surface area contributed by atoms with Gasteiger partial charge in [-0.25, -0.2) is 14.0 Å². The molecule has 35 heteroatoms. The highest BCUT2D eigenvalue weighted by molar-refractivity contribution is 8.27. The van der Waals surface area contributed by atoms with Gasteiger partial charge in [-0.05, 0) is 147 Å². The van der Waals surface area contributed by atoms with Crippen molar-refractivity contribution in [3.63, 3.8) is 0 Å². The number of aliphatic carboxylic acids is 1. The number of hydrogen-bond donors (Lipinski definition) is 4. The van der Waals surface area contributed by atoms with Crippen LogP contribution in [0, 0.1) is 0 Å². The van der Waals surface area contributed by atoms with Crippen molar-refractivity contribution < 1.29 is 77.4 Å². The van der Waals surface area contributed by atoms with E-state index in [2.05, 4.69) is 20.8 Å². The van der Waals surface area contributed by atoms with Gasteiger partial charge < -0.3 is 19.3 Å². The van der Waals surface area contributed by atoms with Crippen LogP contribution in [-0.4, -0.2) is 181 Å². The number of aromatic nitrogens is 6. The van der Waals surface area contributed by atoms with Gasteiger partial charge in [0.1, 0.15) is 30.2 Å². The zero-order valence-corrected chi connectivity index (χ0v) is 72.5. The molecule has 3 fully saturated rings. The van der Waals surface area contributed by atoms with Crippen molar-refractivity contribution in [1.82, 2.24) is 44.0 Å². The third kappa shape index (κ3) is 28.6. The lowest BCUT2D eigenvalue weighted by molar-refractivity contribution is -0.134. The molecule has 9 aromatic rings. The summed E-state index contributed by atoms with van der Waals surface area (Å²) in [7, 11) is -12.7. The summed E-state index contributed by atoms with van der Waals surface area (Å²) in [6.45, 7) is 9.01. The Kier molecular flexibility index (Phi) is 35.3. The number of benzene rings is 6. The molecule has 6 heterocycles. The van der Waals surface area contributed by atoms with Gasteiger partial charge in [-0.3, -0.25) is 47.5 Å². The smallest absolute Gasteiger partial charge is 0.300 e. The Morgan fingerprint density at radius 2 is 0.627 bits per heavy atom. The number of carbonyl (C=O) groups is 4. The summed E-state index contributed by atoms with van der Waals surface area (Å²) < 4.78 is 118. The number of thiocarbonyl (C=S) groups is 3. The first kappa shape index (κ1) is 92.4. The number of hydrogen-bond acceptors (Lipinski definition) is 22. The Bertz CT molecular complexity index is 4890. The van der Waals surface area contributed by atoms with Gasteiger partial charge in [-0.2, -0.15) is 40.5 Å². The van der Waals surface area contributed by atoms with Crippen LogP contribution in [0.4, 0.5) is 0 Å². The van der Waals surface area contributed by atoms with Crippen molar-refractivity contribution in [2.75, 3.05) is 56.7 Å². The molecule has 624 valence electrons. The van der Waals surface area contributed by atoms with Gasteiger partial charge in [0.2, 0.25) is 0 Å². The fourth-order valence-corrected chi connectivity index (χ4v) is 16.8. The van der Waals surface area contributed by atoms with Crippen molar-refractivity contribution in [3.05, 3.63) is 214 Å². The number of nitrogens with zero attached hydrogens (tertiary/aromatic N) is 9. The van der Waals surface area contributed by atoms with E-state index in [0.29, 0.717) is 68.3 Å². The number of rotatable bonds is 36. The third-order valence-electron chi connectivity index (χ3n) is 17.7. The van der Waals surface area contributed by atoms with E-state index in [1.165, 1.54) is 53.2 Å².